The van der Waals surface area contributed by atoms with Gasteiger partial charge in [-0.3, -0.25) is 4.90 Å². The van der Waals surface area contributed by atoms with Gasteiger partial charge in [-0.05, 0) is 38.1 Å². The highest BCUT2D eigenvalue weighted by atomic mass is 32.1. The van der Waals surface area contributed by atoms with Crippen LogP contribution >= 0.6 is 11.3 Å². The van der Waals surface area contributed by atoms with Crippen LogP contribution in [-0.2, 0) is 11.3 Å². The van der Waals surface area contributed by atoms with E-state index in [1.54, 1.807) is 36.9 Å². The molecule has 12 heteroatoms. The Bertz CT molecular complexity index is 1260. The Kier molecular flexibility index (Phi) is 5.86. The zero-order valence-electron chi connectivity index (χ0n) is 17.4. The maximum Gasteiger partial charge on any atom is 0.414 e. The van der Waals surface area contributed by atoms with Gasteiger partial charge >= 0.3 is 6.09 Å². The number of halogens is 1. The summed E-state index contributed by atoms with van der Waals surface area (Å²) in [4.78, 5) is 27.5. The number of amides is 1. The summed E-state index contributed by atoms with van der Waals surface area (Å²) in [6.45, 7) is 4.28. The third-order valence-corrected chi connectivity index (χ3v) is 5.52. The van der Waals surface area contributed by atoms with E-state index in [9.17, 15) is 9.18 Å². The van der Waals surface area contributed by atoms with Crippen molar-refractivity contribution >= 4 is 45.8 Å². The third kappa shape index (κ3) is 3.91. The number of rotatable bonds is 6. The summed E-state index contributed by atoms with van der Waals surface area (Å²) in [6, 6.07) is 6.71. The average molecular weight is 457 g/mol. The molecule has 0 fully saturated rings. The quantitative estimate of drug-likeness (QED) is 0.451. The van der Waals surface area contributed by atoms with Gasteiger partial charge in [-0.15, -0.1) is 11.3 Å². The predicted molar refractivity (Wildman–Crippen MR) is 121 cm³/mol. The minimum atomic E-state index is -0.591. The molecular weight excluding hydrogens is 435 g/mol. The van der Waals surface area contributed by atoms with Gasteiger partial charge < -0.3 is 16.2 Å². The molecule has 0 bridgehead atoms. The Morgan fingerprint density at radius 1 is 1.22 bits per heavy atom. The lowest BCUT2D eigenvalue weighted by Crippen LogP contribution is -2.33. The number of ether oxygens (including phenoxy) is 1. The summed E-state index contributed by atoms with van der Waals surface area (Å²) < 4.78 is 20.1. The fourth-order valence-corrected chi connectivity index (χ4v) is 4.03. The fourth-order valence-electron chi connectivity index (χ4n) is 3.32. The SMILES string of the molecule is CCOC(=O)N(CC)c1c(N)nc(-c2nn(Cc3ccc(F)s3)c3ncccc23)nc1N. The van der Waals surface area contributed by atoms with Gasteiger partial charge in [0.1, 0.15) is 11.4 Å². The molecule has 0 radical (unpaired) electrons. The number of hydrogen-bond donors (Lipinski definition) is 2. The molecule has 1 amide bonds. The maximum absolute atomic E-state index is 13.4. The zero-order chi connectivity index (χ0) is 22.8. The summed E-state index contributed by atoms with van der Waals surface area (Å²) in [5.41, 5.74) is 13.5. The number of nitrogens with zero attached hydrogens (tertiary/aromatic N) is 6. The standard InChI is InChI=1S/C20H21FN8O2S/c1-3-28(20(30)31-4-2)15-16(22)25-18(26-17(15)23)14-12-6-5-9-24-19(12)29(27-14)10-11-7-8-13(21)32-11/h5-9H,3-4,10H2,1-2H3,(H4,22,23,25,26). The Morgan fingerprint density at radius 2 is 1.97 bits per heavy atom. The monoisotopic (exact) mass is 456 g/mol. The number of fused-ring (bicyclic) bond motifs is 1. The van der Waals surface area contributed by atoms with Gasteiger partial charge in [0, 0.05) is 17.6 Å². The molecule has 0 aliphatic carbocycles. The third-order valence-electron chi connectivity index (χ3n) is 4.67. The summed E-state index contributed by atoms with van der Waals surface area (Å²) in [5, 5.41) is 5.02. The number of pyridine rings is 1. The van der Waals surface area contributed by atoms with Crippen LogP contribution in [0.3, 0.4) is 0 Å². The van der Waals surface area contributed by atoms with Gasteiger partial charge in [0.25, 0.3) is 0 Å². The van der Waals surface area contributed by atoms with E-state index in [2.05, 4.69) is 20.1 Å². The van der Waals surface area contributed by atoms with Crippen molar-refractivity contribution in [3.05, 3.63) is 40.5 Å². The molecule has 4 N–H and O–H groups in total. The van der Waals surface area contributed by atoms with Crippen LogP contribution in [0.15, 0.2) is 30.5 Å². The predicted octanol–water partition coefficient (Wildman–Crippen LogP) is 3.28. The summed E-state index contributed by atoms with van der Waals surface area (Å²) in [6.07, 6.45) is 1.05. The molecule has 0 spiro atoms. The van der Waals surface area contributed by atoms with Crippen molar-refractivity contribution < 1.29 is 13.9 Å². The number of aromatic nitrogens is 5. The number of nitrogens with two attached hydrogens (primary N) is 2. The van der Waals surface area contributed by atoms with E-state index in [4.69, 9.17) is 16.2 Å². The smallest absolute Gasteiger partial charge is 0.414 e. The van der Waals surface area contributed by atoms with Crippen molar-refractivity contribution in [3.8, 4) is 11.5 Å². The highest BCUT2D eigenvalue weighted by Crippen LogP contribution is 2.33. The van der Waals surface area contributed by atoms with E-state index in [0.29, 0.717) is 23.3 Å². The number of carbonyl (C=O) groups is 1. The van der Waals surface area contributed by atoms with Gasteiger partial charge in [0.15, 0.2) is 28.2 Å². The van der Waals surface area contributed by atoms with Crippen LogP contribution in [0.25, 0.3) is 22.6 Å². The number of carbonyl (C=O) groups excluding carboxylic acids is 1. The first-order valence-electron chi connectivity index (χ1n) is 9.86. The van der Waals surface area contributed by atoms with Crippen molar-refractivity contribution in [2.45, 2.75) is 20.4 Å². The molecule has 0 unspecified atom stereocenters. The minimum absolute atomic E-state index is 0.0225. The number of nitrogen functional groups attached to an aromatic ring is 2. The fraction of sp³-hybridized carbons (Fsp3) is 0.250. The van der Waals surface area contributed by atoms with Crippen LogP contribution in [0.1, 0.15) is 18.7 Å². The van der Waals surface area contributed by atoms with Gasteiger partial charge in [0.05, 0.1) is 18.5 Å². The first-order chi connectivity index (χ1) is 15.4. The number of hydrogen-bond acceptors (Lipinski definition) is 9. The largest absolute Gasteiger partial charge is 0.449 e. The lowest BCUT2D eigenvalue weighted by molar-refractivity contribution is 0.160. The molecule has 0 atom stereocenters. The zero-order valence-corrected chi connectivity index (χ0v) is 18.3. The molecule has 4 heterocycles. The van der Waals surface area contributed by atoms with Crippen LogP contribution in [0.2, 0.25) is 0 Å². The molecule has 4 aromatic heterocycles. The molecule has 0 aliphatic heterocycles. The van der Waals surface area contributed by atoms with Crippen molar-refractivity contribution in [2.24, 2.45) is 0 Å². The topological polar surface area (TPSA) is 138 Å². The van der Waals surface area contributed by atoms with Gasteiger partial charge in [-0.2, -0.15) is 9.49 Å². The second-order valence-electron chi connectivity index (χ2n) is 6.70. The summed E-state index contributed by atoms with van der Waals surface area (Å²) >= 11 is 1.04. The molecular formula is C20H21FN8O2S. The van der Waals surface area contributed by atoms with Crippen molar-refractivity contribution in [2.75, 3.05) is 29.5 Å². The lowest BCUT2D eigenvalue weighted by atomic mass is 10.2. The average Bonchev–Trinajstić information content (AvgIpc) is 3.34. The highest BCUT2D eigenvalue weighted by Gasteiger charge is 2.25. The molecule has 0 saturated carbocycles. The van der Waals surface area contributed by atoms with E-state index < -0.39 is 6.09 Å². The van der Waals surface area contributed by atoms with E-state index in [1.165, 1.54) is 11.0 Å². The molecule has 4 aromatic rings. The molecule has 4 rings (SSSR count). The normalized spacial score (nSPS) is 11.1. The number of anilines is 3. The second kappa shape index (κ2) is 8.75. The number of thiophene rings is 1. The van der Waals surface area contributed by atoms with E-state index in [1.807, 2.05) is 6.07 Å². The Labute approximate surface area is 186 Å². The highest BCUT2D eigenvalue weighted by molar-refractivity contribution is 7.10. The Balaban J connectivity index is 1.78. The molecule has 0 saturated heterocycles. The summed E-state index contributed by atoms with van der Waals surface area (Å²) in [5.74, 6) is 0.237. The van der Waals surface area contributed by atoms with Crippen LogP contribution < -0.4 is 16.4 Å². The summed E-state index contributed by atoms with van der Waals surface area (Å²) in [7, 11) is 0. The first kappa shape index (κ1) is 21.4. The second-order valence-corrected chi connectivity index (χ2v) is 7.81. The van der Waals surface area contributed by atoms with E-state index >= 15 is 0 Å². The van der Waals surface area contributed by atoms with Gasteiger partial charge in [-0.1, -0.05) is 0 Å². The lowest BCUT2D eigenvalue weighted by Gasteiger charge is -2.22. The molecule has 10 nitrogen and oxygen atoms in total. The van der Waals surface area contributed by atoms with Crippen LogP contribution in [-0.4, -0.2) is 44.0 Å². The van der Waals surface area contributed by atoms with Gasteiger partial charge in [-0.25, -0.2) is 24.4 Å². The van der Waals surface area contributed by atoms with Crippen LogP contribution in [0.4, 0.5) is 26.5 Å². The Morgan fingerprint density at radius 3 is 2.59 bits per heavy atom. The van der Waals surface area contributed by atoms with Crippen molar-refractivity contribution in [1.82, 2.24) is 24.7 Å². The Hall–Kier alpha value is -3.80. The van der Waals surface area contributed by atoms with Crippen molar-refractivity contribution in [3.63, 3.8) is 0 Å². The molecule has 0 aromatic carbocycles. The maximum atomic E-state index is 13.4. The molecule has 32 heavy (non-hydrogen) atoms. The first-order valence-corrected chi connectivity index (χ1v) is 10.7. The van der Waals surface area contributed by atoms with Gasteiger partial charge in [0.2, 0.25) is 0 Å². The van der Waals surface area contributed by atoms with E-state index in [0.717, 1.165) is 16.2 Å². The van der Waals surface area contributed by atoms with Crippen molar-refractivity contribution in [1.29, 1.82) is 0 Å². The molecule has 0 aliphatic rings. The van der Waals surface area contributed by atoms with Crippen LogP contribution in [0.5, 0.6) is 0 Å². The van der Waals surface area contributed by atoms with Crippen LogP contribution in [0, 0.1) is 5.13 Å². The minimum Gasteiger partial charge on any atom is -0.449 e. The van der Waals surface area contributed by atoms with E-state index in [-0.39, 0.29) is 41.4 Å². The molecule has 166 valence electrons.